The Morgan fingerprint density at radius 3 is 3.09 bits per heavy atom. The number of aromatic nitrogens is 2. The van der Waals surface area contributed by atoms with E-state index >= 15 is 0 Å². The first-order chi connectivity index (χ1) is 10.8. The molecule has 0 spiro atoms. The molecule has 1 atom stereocenters. The van der Waals surface area contributed by atoms with Gasteiger partial charge in [-0.05, 0) is 25.0 Å². The van der Waals surface area contributed by atoms with E-state index in [2.05, 4.69) is 9.97 Å². The number of amides is 1. The molecule has 6 nitrogen and oxygen atoms in total. The Morgan fingerprint density at radius 1 is 1.55 bits per heavy atom. The van der Waals surface area contributed by atoms with Gasteiger partial charge in [-0.3, -0.25) is 4.79 Å². The van der Waals surface area contributed by atoms with E-state index < -0.39 is 0 Å². The fourth-order valence-electron chi connectivity index (χ4n) is 2.67. The van der Waals surface area contributed by atoms with Gasteiger partial charge in [-0.2, -0.15) is 0 Å². The number of rotatable bonds is 6. The van der Waals surface area contributed by atoms with Crippen LogP contribution in [0.2, 0.25) is 0 Å². The second-order valence-corrected chi connectivity index (χ2v) is 5.50. The van der Waals surface area contributed by atoms with Gasteiger partial charge < -0.3 is 19.0 Å². The standard InChI is InChI=1S/C16H21N3O3/c1-2-15-17-9-14(18-15)16(20)19(10-12-5-3-7-21-12)11-13-6-4-8-22-13/h3,5,7,9,13H,2,4,6,8,10-11H2,1H3,(H,17,18). The molecule has 6 heteroatoms. The summed E-state index contributed by atoms with van der Waals surface area (Å²) >= 11 is 0. The molecule has 1 aliphatic heterocycles. The van der Waals surface area contributed by atoms with Crippen LogP contribution in [0.15, 0.2) is 29.0 Å². The second-order valence-electron chi connectivity index (χ2n) is 5.50. The number of carbonyl (C=O) groups is 1. The Bertz CT molecular complexity index is 600. The van der Waals surface area contributed by atoms with Crippen molar-refractivity contribution in [2.45, 2.75) is 38.8 Å². The highest BCUT2D eigenvalue weighted by Gasteiger charge is 2.25. The van der Waals surface area contributed by atoms with Gasteiger partial charge in [0.05, 0.1) is 25.1 Å². The van der Waals surface area contributed by atoms with Gasteiger partial charge in [0.25, 0.3) is 5.91 Å². The Labute approximate surface area is 129 Å². The van der Waals surface area contributed by atoms with Crippen LogP contribution < -0.4 is 0 Å². The number of carbonyl (C=O) groups excluding carboxylic acids is 1. The molecule has 1 unspecified atom stereocenters. The third-order valence-corrected chi connectivity index (χ3v) is 3.86. The maximum atomic E-state index is 12.7. The molecule has 0 saturated carbocycles. The summed E-state index contributed by atoms with van der Waals surface area (Å²) in [6, 6.07) is 3.70. The summed E-state index contributed by atoms with van der Waals surface area (Å²) in [6.45, 7) is 3.78. The number of hydrogen-bond acceptors (Lipinski definition) is 4. The molecule has 1 saturated heterocycles. The highest BCUT2D eigenvalue weighted by molar-refractivity contribution is 5.92. The Hall–Kier alpha value is -2.08. The van der Waals surface area contributed by atoms with Gasteiger partial charge in [0.1, 0.15) is 17.3 Å². The first-order valence-corrected chi connectivity index (χ1v) is 7.73. The Morgan fingerprint density at radius 2 is 2.45 bits per heavy atom. The van der Waals surface area contributed by atoms with E-state index in [4.69, 9.17) is 9.15 Å². The smallest absolute Gasteiger partial charge is 0.272 e. The minimum atomic E-state index is -0.0703. The van der Waals surface area contributed by atoms with Crippen LogP contribution in [-0.4, -0.2) is 40.0 Å². The number of H-pyrrole nitrogens is 1. The summed E-state index contributed by atoms with van der Waals surface area (Å²) in [7, 11) is 0. The van der Waals surface area contributed by atoms with Gasteiger partial charge in [0.15, 0.2) is 0 Å². The number of ether oxygens (including phenoxy) is 1. The molecule has 1 fully saturated rings. The largest absolute Gasteiger partial charge is 0.467 e. The van der Waals surface area contributed by atoms with Crippen LogP contribution in [-0.2, 0) is 17.7 Å². The van der Waals surface area contributed by atoms with Crippen molar-refractivity contribution < 1.29 is 13.9 Å². The van der Waals surface area contributed by atoms with Crippen molar-refractivity contribution in [3.8, 4) is 0 Å². The second kappa shape index (κ2) is 6.79. The fraction of sp³-hybridized carbons (Fsp3) is 0.500. The molecule has 2 aromatic heterocycles. The SMILES string of the molecule is CCc1ncc(C(=O)N(Cc2ccco2)CC2CCCO2)[nH]1. The van der Waals surface area contributed by atoms with Crippen molar-refractivity contribution in [3.63, 3.8) is 0 Å². The van der Waals surface area contributed by atoms with Crippen LogP contribution in [0.1, 0.15) is 41.8 Å². The third kappa shape index (κ3) is 3.39. The van der Waals surface area contributed by atoms with E-state index in [1.807, 2.05) is 19.1 Å². The molecule has 0 radical (unpaired) electrons. The van der Waals surface area contributed by atoms with Crippen molar-refractivity contribution in [1.82, 2.24) is 14.9 Å². The lowest BCUT2D eigenvalue weighted by Crippen LogP contribution is -2.37. The number of nitrogens with zero attached hydrogens (tertiary/aromatic N) is 2. The van der Waals surface area contributed by atoms with E-state index in [1.165, 1.54) is 0 Å². The average molecular weight is 303 g/mol. The molecular formula is C16H21N3O3. The Kier molecular flexibility index (Phi) is 4.58. The number of imidazole rings is 1. The predicted octanol–water partition coefficient (Wildman–Crippen LogP) is 2.39. The number of hydrogen-bond donors (Lipinski definition) is 1. The van der Waals surface area contributed by atoms with Crippen molar-refractivity contribution in [1.29, 1.82) is 0 Å². The van der Waals surface area contributed by atoms with E-state index in [1.54, 1.807) is 17.4 Å². The van der Waals surface area contributed by atoms with Gasteiger partial charge in [-0.25, -0.2) is 4.98 Å². The van der Waals surface area contributed by atoms with Crippen molar-refractivity contribution in [3.05, 3.63) is 41.9 Å². The van der Waals surface area contributed by atoms with Crippen LogP contribution >= 0.6 is 0 Å². The molecule has 3 heterocycles. The Balaban J connectivity index is 1.74. The highest BCUT2D eigenvalue weighted by atomic mass is 16.5. The normalized spacial score (nSPS) is 17.8. The van der Waals surface area contributed by atoms with E-state index in [-0.39, 0.29) is 12.0 Å². The van der Waals surface area contributed by atoms with Gasteiger partial charge in [-0.15, -0.1) is 0 Å². The third-order valence-electron chi connectivity index (χ3n) is 3.86. The van der Waals surface area contributed by atoms with Crippen LogP contribution in [0.3, 0.4) is 0 Å². The lowest BCUT2D eigenvalue weighted by atomic mass is 10.2. The minimum absolute atomic E-state index is 0.0703. The molecule has 2 aromatic rings. The zero-order chi connectivity index (χ0) is 15.4. The summed E-state index contributed by atoms with van der Waals surface area (Å²) in [5.41, 5.74) is 0.515. The maximum Gasteiger partial charge on any atom is 0.272 e. The zero-order valence-electron chi connectivity index (χ0n) is 12.7. The van der Waals surface area contributed by atoms with Gasteiger partial charge in [0, 0.05) is 19.6 Å². The summed E-state index contributed by atoms with van der Waals surface area (Å²) in [5, 5.41) is 0. The lowest BCUT2D eigenvalue weighted by Gasteiger charge is -2.24. The number of nitrogens with one attached hydrogen (secondary N) is 1. The zero-order valence-corrected chi connectivity index (χ0v) is 12.7. The summed E-state index contributed by atoms with van der Waals surface area (Å²) < 4.78 is 11.0. The van der Waals surface area contributed by atoms with Crippen molar-refractivity contribution in [2.24, 2.45) is 0 Å². The van der Waals surface area contributed by atoms with E-state index in [9.17, 15) is 4.79 Å². The first-order valence-electron chi connectivity index (χ1n) is 7.73. The molecule has 1 aliphatic rings. The van der Waals surface area contributed by atoms with Crippen molar-refractivity contribution in [2.75, 3.05) is 13.2 Å². The maximum absolute atomic E-state index is 12.7. The summed E-state index contributed by atoms with van der Waals surface area (Å²) in [4.78, 5) is 21.8. The monoisotopic (exact) mass is 303 g/mol. The molecule has 1 amide bonds. The first kappa shape index (κ1) is 14.8. The fourth-order valence-corrected chi connectivity index (χ4v) is 2.67. The molecule has 22 heavy (non-hydrogen) atoms. The van der Waals surface area contributed by atoms with Gasteiger partial charge in [-0.1, -0.05) is 6.92 Å². The molecule has 1 N–H and O–H groups in total. The van der Waals surface area contributed by atoms with E-state index in [0.29, 0.717) is 18.8 Å². The van der Waals surface area contributed by atoms with E-state index in [0.717, 1.165) is 37.5 Å². The molecule has 0 bridgehead atoms. The van der Waals surface area contributed by atoms with Crippen LogP contribution in [0.5, 0.6) is 0 Å². The molecule has 0 aromatic carbocycles. The van der Waals surface area contributed by atoms with Gasteiger partial charge >= 0.3 is 0 Å². The molecule has 118 valence electrons. The number of aromatic amines is 1. The van der Waals surface area contributed by atoms with Crippen molar-refractivity contribution >= 4 is 5.91 Å². The molecule has 0 aliphatic carbocycles. The topological polar surface area (TPSA) is 71.4 Å². The van der Waals surface area contributed by atoms with Gasteiger partial charge in [0.2, 0.25) is 0 Å². The average Bonchev–Trinajstić information content (AvgIpc) is 3.28. The summed E-state index contributed by atoms with van der Waals surface area (Å²) in [6.07, 6.45) is 6.15. The predicted molar refractivity (Wildman–Crippen MR) is 80.4 cm³/mol. The lowest BCUT2D eigenvalue weighted by molar-refractivity contribution is 0.0487. The molecule has 3 rings (SSSR count). The van der Waals surface area contributed by atoms with Crippen LogP contribution in [0, 0.1) is 0 Å². The summed E-state index contributed by atoms with van der Waals surface area (Å²) in [5.74, 6) is 1.51. The molecular weight excluding hydrogens is 282 g/mol. The quantitative estimate of drug-likeness (QED) is 0.889. The minimum Gasteiger partial charge on any atom is -0.467 e. The van der Waals surface area contributed by atoms with Crippen LogP contribution in [0.4, 0.5) is 0 Å². The van der Waals surface area contributed by atoms with Crippen LogP contribution in [0.25, 0.3) is 0 Å². The number of furan rings is 1. The highest BCUT2D eigenvalue weighted by Crippen LogP contribution is 2.17. The number of aryl methyl sites for hydroxylation is 1.